The first-order valence-electron chi connectivity index (χ1n) is 6.84. The van der Waals surface area contributed by atoms with E-state index in [9.17, 15) is 4.79 Å². The van der Waals surface area contributed by atoms with Crippen molar-refractivity contribution in [2.45, 2.75) is 19.4 Å². The molecule has 0 aliphatic carbocycles. The largest absolute Gasteiger partial charge is 0.496 e. The molecule has 2 heterocycles. The average Bonchev–Trinajstić information content (AvgIpc) is 2.48. The number of nitrogens with one attached hydrogen (secondary N) is 1. The van der Waals surface area contributed by atoms with Crippen LogP contribution >= 0.6 is 11.6 Å². The summed E-state index contributed by atoms with van der Waals surface area (Å²) in [6.45, 7) is 1.23. The molecule has 0 unspecified atom stereocenters. The van der Waals surface area contributed by atoms with Crippen LogP contribution in [-0.2, 0) is 13.0 Å². The van der Waals surface area contributed by atoms with Crippen LogP contribution < -0.4 is 15.6 Å². The number of fused-ring (bicyclic) bond motifs is 1. The zero-order chi connectivity index (χ0) is 14.8. The van der Waals surface area contributed by atoms with E-state index in [1.807, 2.05) is 0 Å². The lowest BCUT2D eigenvalue weighted by atomic mass is 10.1. The standard InChI is InChI=1S/C15H16ClN3O2/c1-21-14-5-4-11(16)7-10(14)9-19-15(20)8-13-12(18-19)3-2-6-17-13/h4-5,7-8,17H,2-3,6,9H2,1H3. The second-order valence-electron chi connectivity index (χ2n) is 4.99. The van der Waals surface area contributed by atoms with E-state index in [0.29, 0.717) is 17.3 Å². The maximum absolute atomic E-state index is 12.2. The number of hydrogen-bond acceptors (Lipinski definition) is 4. The third-order valence-electron chi connectivity index (χ3n) is 3.54. The van der Waals surface area contributed by atoms with Gasteiger partial charge in [0.1, 0.15) is 5.75 Å². The molecule has 1 aliphatic heterocycles. The first kappa shape index (κ1) is 13.9. The van der Waals surface area contributed by atoms with Crippen molar-refractivity contribution in [1.29, 1.82) is 0 Å². The van der Waals surface area contributed by atoms with Crippen LogP contribution in [0.5, 0.6) is 5.75 Å². The van der Waals surface area contributed by atoms with Gasteiger partial charge in [-0.15, -0.1) is 0 Å². The summed E-state index contributed by atoms with van der Waals surface area (Å²) in [7, 11) is 1.60. The molecule has 0 saturated heterocycles. The molecule has 110 valence electrons. The number of ether oxygens (including phenoxy) is 1. The van der Waals surface area contributed by atoms with Gasteiger partial charge in [0.2, 0.25) is 0 Å². The van der Waals surface area contributed by atoms with Crippen LogP contribution in [0.25, 0.3) is 0 Å². The van der Waals surface area contributed by atoms with Gasteiger partial charge in [-0.2, -0.15) is 5.10 Å². The van der Waals surface area contributed by atoms with Gasteiger partial charge in [-0.05, 0) is 31.0 Å². The third-order valence-corrected chi connectivity index (χ3v) is 3.78. The predicted molar refractivity (Wildman–Crippen MR) is 82.4 cm³/mol. The Morgan fingerprint density at radius 1 is 1.43 bits per heavy atom. The molecule has 0 bridgehead atoms. The molecule has 21 heavy (non-hydrogen) atoms. The summed E-state index contributed by atoms with van der Waals surface area (Å²) >= 11 is 6.02. The Morgan fingerprint density at radius 2 is 2.29 bits per heavy atom. The van der Waals surface area contributed by atoms with Gasteiger partial charge in [0, 0.05) is 23.2 Å². The van der Waals surface area contributed by atoms with Crippen molar-refractivity contribution in [3.63, 3.8) is 0 Å². The zero-order valence-electron chi connectivity index (χ0n) is 11.7. The Balaban J connectivity index is 1.98. The number of halogens is 1. The number of aromatic nitrogens is 2. The summed E-state index contributed by atoms with van der Waals surface area (Å²) in [4.78, 5) is 12.2. The minimum atomic E-state index is -0.134. The summed E-state index contributed by atoms with van der Waals surface area (Å²) in [6.07, 6.45) is 1.91. The normalized spacial score (nSPS) is 13.4. The van der Waals surface area contributed by atoms with Crippen molar-refractivity contribution in [2.75, 3.05) is 19.0 Å². The predicted octanol–water partition coefficient (Wildman–Crippen LogP) is 2.31. The molecule has 1 aliphatic rings. The maximum Gasteiger partial charge on any atom is 0.269 e. The van der Waals surface area contributed by atoms with Gasteiger partial charge in [-0.1, -0.05) is 11.6 Å². The zero-order valence-corrected chi connectivity index (χ0v) is 12.5. The second-order valence-corrected chi connectivity index (χ2v) is 5.42. The van der Waals surface area contributed by atoms with E-state index in [2.05, 4.69) is 10.4 Å². The summed E-state index contributed by atoms with van der Waals surface area (Å²) in [5.41, 5.74) is 2.48. The van der Waals surface area contributed by atoms with E-state index in [1.165, 1.54) is 4.68 Å². The molecule has 0 atom stereocenters. The van der Waals surface area contributed by atoms with Crippen LogP contribution in [0.3, 0.4) is 0 Å². The van der Waals surface area contributed by atoms with E-state index in [1.54, 1.807) is 31.4 Å². The number of rotatable bonds is 3. The van der Waals surface area contributed by atoms with Gasteiger partial charge in [-0.25, -0.2) is 4.68 Å². The molecule has 0 spiro atoms. The third kappa shape index (κ3) is 2.88. The summed E-state index contributed by atoms with van der Waals surface area (Å²) in [5.74, 6) is 0.698. The Hall–Kier alpha value is -2.01. The summed E-state index contributed by atoms with van der Waals surface area (Å²) in [6, 6.07) is 6.96. The van der Waals surface area contributed by atoms with E-state index >= 15 is 0 Å². The molecule has 1 aromatic carbocycles. The lowest BCUT2D eigenvalue weighted by Gasteiger charge is -2.18. The number of nitrogens with zero attached hydrogens (tertiary/aromatic N) is 2. The molecule has 1 N–H and O–H groups in total. The molecule has 0 amide bonds. The van der Waals surface area contributed by atoms with Crippen LogP contribution in [0, 0.1) is 0 Å². The van der Waals surface area contributed by atoms with Crippen LogP contribution in [0.1, 0.15) is 17.7 Å². The molecule has 0 saturated carbocycles. The Bertz CT molecular complexity index is 727. The maximum atomic E-state index is 12.2. The van der Waals surface area contributed by atoms with E-state index in [-0.39, 0.29) is 5.56 Å². The molecule has 2 aromatic rings. The summed E-state index contributed by atoms with van der Waals surface area (Å²) in [5, 5.41) is 8.27. The molecule has 0 fully saturated rings. The second kappa shape index (κ2) is 5.77. The Kier molecular flexibility index (Phi) is 3.84. The fraction of sp³-hybridized carbons (Fsp3) is 0.333. The van der Waals surface area contributed by atoms with Crippen LogP contribution in [0.4, 0.5) is 5.69 Å². The van der Waals surface area contributed by atoms with Gasteiger partial charge in [0.25, 0.3) is 5.56 Å². The molecule has 1 aromatic heterocycles. The highest BCUT2D eigenvalue weighted by Gasteiger charge is 2.14. The van der Waals surface area contributed by atoms with Gasteiger partial charge in [0.15, 0.2) is 0 Å². The summed E-state index contributed by atoms with van der Waals surface area (Å²) < 4.78 is 6.77. The molecule has 5 nitrogen and oxygen atoms in total. The van der Waals surface area contributed by atoms with Crippen LogP contribution in [-0.4, -0.2) is 23.4 Å². The lowest BCUT2D eigenvalue weighted by molar-refractivity contribution is 0.406. The minimum Gasteiger partial charge on any atom is -0.496 e. The highest BCUT2D eigenvalue weighted by Crippen LogP contribution is 2.23. The number of anilines is 1. The average molecular weight is 306 g/mol. The minimum absolute atomic E-state index is 0.134. The number of benzene rings is 1. The highest BCUT2D eigenvalue weighted by molar-refractivity contribution is 6.30. The van der Waals surface area contributed by atoms with Crippen molar-refractivity contribution in [3.05, 3.63) is 50.9 Å². The molecular formula is C15H16ClN3O2. The Labute approximate surface area is 127 Å². The number of methoxy groups -OCH3 is 1. The van der Waals surface area contributed by atoms with Gasteiger partial charge in [0.05, 0.1) is 25.0 Å². The van der Waals surface area contributed by atoms with Gasteiger partial charge < -0.3 is 10.1 Å². The number of aryl methyl sites for hydroxylation is 1. The molecular weight excluding hydrogens is 290 g/mol. The monoisotopic (exact) mass is 305 g/mol. The van der Waals surface area contributed by atoms with Crippen molar-refractivity contribution in [2.24, 2.45) is 0 Å². The van der Waals surface area contributed by atoms with E-state index in [4.69, 9.17) is 16.3 Å². The van der Waals surface area contributed by atoms with Gasteiger partial charge in [-0.3, -0.25) is 4.79 Å². The van der Waals surface area contributed by atoms with Crippen LogP contribution in [0.2, 0.25) is 5.02 Å². The lowest BCUT2D eigenvalue weighted by Crippen LogP contribution is -2.27. The topological polar surface area (TPSA) is 56.2 Å². The quantitative estimate of drug-likeness (QED) is 0.945. The van der Waals surface area contributed by atoms with E-state index < -0.39 is 0 Å². The molecule has 3 rings (SSSR count). The number of hydrogen-bond donors (Lipinski definition) is 1. The van der Waals surface area contributed by atoms with E-state index in [0.717, 1.165) is 36.3 Å². The van der Waals surface area contributed by atoms with Crippen molar-refractivity contribution in [1.82, 2.24) is 9.78 Å². The fourth-order valence-corrected chi connectivity index (χ4v) is 2.69. The molecule has 6 heteroatoms. The highest BCUT2D eigenvalue weighted by atomic mass is 35.5. The first-order chi connectivity index (χ1) is 10.2. The van der Waals surface area contributed by atoms with Crippen molar-refractivity contribution < 1.29 is 4.74 Å². The van der Waals surface area contributed by atoms with Gasteiger partial charge >= 0.3 is 0 Å². The fourth-order valence-electron chi connectivity index (χ4n) is 2.49. The van der Waals surface area contributed by atoms with Crippen LogP contribution in [0.15, 0.2) is 29.1 Å². The van der Waals surface area contributed by atoms with Crippen molar-refractivity contribution in [3.8, 4) is 5.75 Å². The Morgan fingerprint density at radius 3 is 3.10 bits per heavy atom. The van der Waals surface area contributed by atoms with Crippen molar-refractivity contribution >= 4 is 17.3 Å². The first-order valence-corrected chi connectivity index (χ1v) is 7.22. The molecule has 0 radical (unpaired) electrons. The SMILES string of the molecule is COc1ccc(Cl)cc1Cn1nc2c(cc1=O)NCCC2. The smallest absolute Gasteiger partial charge is 0.269 e.